The molecule has 3 nitrogen and oxygen atoms in total. The van der Waals surface area contributed by atoms with Gasteiger partial charge in [-0.2, -0.15) is 0 Å². The van der Waals surface area contributed by atoms with Crippen molar-refractivity contribution in [1.82, 2.24) is 10.2 Å². The van der Waals surface area contributed by atoms with Gasteiger partial charge in [0.15, 0.2) is 0 Å². The van der Waals surface area contributed by atoms with E-state index in [-0.39, 0.29) is 0 Å². The third kappa shape index (κ3) is 1.34. The van der Waals surface area contributed by atoms with Crippen molar-refractivity contribution >= 4 is 5.91 Å². The van der Waals surface area contributed by atoms with E-state index < -0.39 is 0 Å². The molecule has 1 atom stereocenters. The molecular formula is C11H18N2O. The number of hydrogen-bond donors (Lipinski definition) is 1. The second kappa shape index (κ2) is 2.96. The van der Waals surface area contributed by atoms with Crippen molar-refractivity contribution in [2.75, 3.05) is 13.1 Å². The van der Waals surface area contributed by atoms with Gasteiger partial charge in [-0.3, -0.25) is 10.1 Å². The molecule has 0 aromatic carbocycles. The van der Waals surface area contributed by atoms with E-state index in [1.165, 1.54) is 25.7 Å². The zero-order valence-electron chi connectivity index (χ0n) is 8.59. The molecule has 3 rings (SSSR count). The summed E-state index contributed by atoms with van der Waals surface area (Å²) in [4.78, 5) is 14.0. The fraction of sp³-hybridized carbons (Fsp3) is 0.909. The van der Waals surface area contributed by atoms with Crippen LogP contribution in [0.15, 0.2) is 0 Å². The summed E-state index contributed by atoms with van der Waals surface area (Å²) in [6, 6.07) is 0. The highest BCUT2D eigenvalue weighted by molar-refractivity contribution is 5.78. The minimum Gasteiger partial charge on any atom is -0.327 e. The average Bonchev–Trinajstić information content (AvgIpc) is 2.72. The lowest BCUT2D eigenvalue weighted by Crippen LogP contribution is -2.49. The molecule has 0 radical (unpaired) electrons. The van der Waals surface area contributed by atoms with E-state index in [2.05, 4.69) is 10.2 Å². The summed E-state index contributed by atoms with van der Waals surface area (Å²) in [6.45, 7) is 2.08. The van der Waals surface area contributed by atoms with Crippen molar-refractivity contribution in [2.24, 2.45) is 5.41 Å². The summed E-state index contributed by atoms with van der Waals surface area (Å²) in [5.41, 5.74) is 0.464. The van der Waals surface area contributed by atoms with Gasteiger partial charge in [0, 0.05) is 13.0 Å². The molecule has 14 heavy (non-hydrogen) atoms. The van der Waals surface area contributed by atoms with Gasteiger partial charge in [0.1, 0.15) is 0 Å². The van der Waals surface area contributed by atoms with Crippen LogP contribution in [0, 0.1) is 5.41 Å². The number of likely N-dealkylation sites (tertiary alicyclic amines) is 1. The lowest BCUT2D eigenvalue weighted by atomic mass is 9.92. The van der Waals surface area contributed by atoms with Gasteiger partial charge in [-0.05, 0) is 44.1 Å². The van der Waals surface area contributed by atoms with Crippen LogP contribution >= 0.6 is 0 Å². The van der Waals surface area contributed by atoms with Gasteiger partial charge in [0.2, 0.25) is 5.91 Å². The third-order valence-corrected chi connectivity index (χ3v) is 4.10. The number of amides is 1. The van der Waals surface area contributed by atoms with Crippen molar-refractivity contribution in [3.63, 3.8) is 0 Å². The van der Waals surface area contributed by atoms with Crippen LogP contribution in [-0.2, 0) is 4.79 Å². The molecule has 3 fully saturated rings. The Morgan fingerprint density at radius 1 is 1.36 bits per heavy atom. The monoisotopic (exact) mass is 194 g/mol. The highest BCUT2D eigenvalue weighted by Gasteiger charge is 2.48. The molecule has 2 heterocycles. The van der Waals surface area contributed by atoms with Gasteiger partial charge in [0.05, 0.1) is 6.17 Å². The van der Waals surface area contributed by atoms with Gasteiger partial charge >= 0.3 is 0 Å². The van der Waals surface area contributed by atoms with Crippen molar-refractivity contribution in [3.05, 3.63) is 0 Å². The maximum atomic E-state index is 11.9. The summed E-state index contributed by atoms with van der Waals surface area (Å²) in [6.07, 6.45) is 7.40. The second-order valence-electron chi connectivity index (χ2n) is 5.13. The average molecular weight is 194 g/mol. The fourth-order valence-electron chi connectivity index (χ4n) is 2.86. The lowest BCUT2D eigenvalue weighted by Gasteiger charge is -2.36. The topological polar surface area (TPSA) is 32.3 Å². The van der Waals surface area contributed by atoms with Gasteiger partial charge in [-0.25, -0.2) is 0 Å². The molecule has 3 heteroatoms. The van der Waals surface area contributed by atoms with Crippen molar-refractivity contribution < 1.29 is 4.79 Å². The standard InChI is InChI=1S/C11H18N2O/c14-10-8-11(3-4-11)5-7-13(10)9-2-1-6-12-9/h9,12H,1-8H2. The lowest BCUT2D eigenvalue weighted by molar-refractivity contribution is -0.138. The van der Waals surface area contributed by atoms with Crippen LogP contribution in [0.3, 0.4) is 0 Å². The third-order valence-electron chi connectivity index (χ3n) is 4.10. The van der Waals surface area contributed by atoms with Crippen LogP contribution in [0.4, 0.5) is 0 Å². The molecular weight excluding hydrogens is 176 g/mol. The zero-order chi connectivity index (χ0) is 9.60. The number of nitrogens with zero attached hydrogens (tertiary/aromatic N) is 1. The Morgan fingerprint density at radius 2 is 2.21 bits per heavy atom. The van der Waals surface area contributed by atoms with Crippen LogP contribution in [0.1, 0.15) is 38.5 Å². The van der Waals surface area contributed by atoms with E-state index in [0.29, 0.717) is 17.5 Å². The van der Waals surface area contributed by atoms with E-state index >= 15 is 0 Å². The largest absolute Gasteiger partial charge is 0.327 e. The molecule has 3 aliphatic rings. The first kappa shape index (κ1) is 8.72. The molecule has 1 spiro atoms. The van der Waals surface area contributed by atoms with Crippen molar-refractivity contribution in [2.45, 2.75) is 44.7 Å². The number of piperidine rings is 1. The summed E-state index contributed by atoms with van der Waals surface area (Å²) in [5.74, 6) is 0.396. The van der Waals surface area contributed by atoms with Crippen molar-refractivity contribution in [3.8, 4) is 0 Å². The van der Waals surface area contributed by atoms with Gasteiger partial charge in [-0.1, -0.05) is 0 Å². The number of rotatable bonds is 1. The first-order chi connectivity index (χ1) is 6.79. The Kier molecular flexibility index (Phi) is 1.84. The van der Waals surface area contributed by atoms with E-state index in [1.54, 1.807) is 0 Å². The Balaban J connectivity index is 1.66. The molecule has 1 amide bonds. The van der Waals surface area contributed by atoms with Crippen molar-refractivity contribution in [1.29, 1.82) is 0 Å². The van der Waals surface area contributed by atoms with Gasteiger partial charge in [-0.15, -0.1) is 0 Å². The van der Waals surface area contributed by atoms with Crippen LogP contribution in [-0.4, -0.2) is 30.1 Å². The normalized spacial score (nSPS) is 35.3. The number of carbonyl (C=O) groups excluding carboxylic acids is 1. The second-order valence-corrected chi connectivity index (χ2v) is 5.13. The van der Waals surface area contributed by atoms with E-state index in [9.17, 15) is 4.79 Å². The summed E-state index contributed by atoms with van der Waals surface area (Å²) in [5, 5.41) is 3.41. The predicted octanol–water partition coefficient (Wildman–Crippen LogP) is 1.10. The molecule has 0 aromatic rings. The Morgan fingerprint density at radius 3 is 2.79 bits per heavy atom. The molecule has 1 aliphatic carbocycles. The smallest absolute Gasteiger partial charge is 0.224 e. The van der Waals surface area contributed by atoms with Crippen LogP contribution < -0.4 is 5.32 Å². The maximum absolute atomic E-state index is 11.9. The van der Waals surface area contributed by atoms with E-state index in [4.69, 9.17) is 0 Å². The van der Waals surface area contributed by atoms with Gasteiger partial charge < -0.3 is 4.90 Å². The van der Waals surface area contributed by atoms with E-state index in [1.807, 2.05) is 0 Å². The zero-order valence-corrected chi connectivity index (χ0v) is 8.59. The Hall–Kier alpha value is -0.570. The fourth-order valence-corrected chi connectivity index (χ4v) is 2.86. The van der Waals surface area contributed by atoms with E-state index in [0.717, 1.165) is 25.9 Å². The molecule has 0 bridgehead atoms. The molecule has 78 valence electrons. The summed E-state index contributed by atoms with van der Waals surface area (Å²) < 4.78 is 0. The Bertz CT molecular complexity index is 254. The first-order valence-corrected chi connectivity index (χ1v) is 5.82. The van der Waals surface area contributed by atoms with Gasteiger partial charge in [0.25, 0.3) is 0 Å². The summed E-state index contributed by atoms with van der Waals surface area (Å²) >= 11 is 0. The Labute approximate surface area is 84.8 Å². The SMILES string of the molecule is O=C1CC2(CCN1C1CCCN1)CC2. The quantitative estimate of drug-likeness (QED) is 0.678. The van der Waals surface area contributed by atoms with Crippen LogP contribution in [0.25, 0.3) is 0 Å². The molecule has 2 aliphatic heterocycles. The number of carbonyl (C=O) groups is 1. The maximum Gasteiger partial charge on any atom is 0.224 e. The molecule has 2 saturated heterocycles. The summed E-state index contributed by atoms with van der Waals surface area (Å²) in [7, 11) is 0. The first-order valence-electron chi connectivity index (χ1n) is 5.82. The molecule has 0 aromatic heterocycles. The molecule has 1 unspecified atom stereocenters. The minimum atomic E-state index is 0.360. The highest BCUT2D eigenvalue weighted by Crippen LogP contribution is 2.54. The highest BCUT2D eigenvalue weighted by atomic mass is 16.2. The number of nitrogens with one attached hydrogen (secondary N) is 1. The van der Waals surface area contributed by atoms with Crippen LogP contribution in [0.2, 0.25) is 0 Å². The van der Waals surface area contributed by atoms with Crippen LogP contribution in [0.5, 0.6) is 0 Å². The molecule has 1 N–H and O–H groups in total. The molecule has 1 saturated carbocycles. The minimum absolute atomic E-state index is 0.360. The number of hydrogen-bond acceptors (Lipinski definition) is 2. The predicted molar refractivity (Wildman–Crippen MR) is 53.6 cm³/mol.